The molecule has 1 aliphatic carbocycles. The van der Waals surface area contributed by atoms with Gasteiger partial charge in [-0.1, -0.05) is 48.5 Å². The first-order valence-electron chi connectivity index (χ1n) is 11.8. The summed E-state index contributed by atoms with van der Waals surface area (Å²) in [5.74, 6) is -1.74. The molecule has 1 saturated heterocycles. The van der Waals surface area contributed by atoms with Crippen LogP contribution in [0.25, 0.3) is 11.1 Å². The quantitative estimate of drug-likeness (QED) is 0.503. The molecule has 186 valence electrons. The van der Waals surface area contributed by atoms with Crippen LogP contribution >= 0.6 is 0 Å². The second-order valence-corrected chi connectivity index (χ2v) is 9.15. The molecule has 9 nitrogen and oxygen atoms in total. The van der Waals surface area contributed by atoms with Crippen molar-refractivity contribution < 1.29 is 29.0 Å². The van der Waals surface area contributed by atoms with E-state index in [2.05, 4.69) is 22.8 Å². The van der Waals surface area contributed by atoms with Gasteiger partial charge in [0.1, 0.15) is 12.6 Å². The van der Waals surface area contributed by atoms with Gasteiger partial charge < -0.3 is 30.1 Å². The summed E-state index contributed by atoms with van der Waals surface area (Å²) in [7, 11) is 3.66. The van der Waals surface area contributed by atoms with Crippen molar-refractivity contribution >= 4 is 18.0 Å². The Morgan fingerprint density at radius 3 is 2.31 bits per heavy atom. The lowest BCUT2D eigenvalue weighted by atomic mass is 9.98. The van der Waals surface area contributed by atoms with Crippen LogP contribution in [0.5, 0.6) is 0 Å². The van der Waals surface area contributed by atoms with Crippen LogP contribution in [0.15, 0.2) is 48.5 Å². The zero-order chi connectivity index (χ0) is 24.9. The number of rotatable bonds is 9. The van der Waals surface area contributed by atoms with E-state index in [1.165, 1.54) is 0 Å². The largest absolute Gasteiger partial charge is 0.480 e. The number of hydrogen-bond acceptors (Lipinski definition) is 6. The molecule has 1 unspecified atom stereocenters. The van der Waals surface area contributed by atoms with E-state index in [9.17, 15) is 19.5 Å². The van der Waals surface area contributed by atoms with Gasteiger partial charge in [0.25, 0.3) is 5.91 Å². The minimum atomic E-state index is -1.11. The van der Waals surface area contributed by atoms with E-state index in [-0.39, 0.29) is 25.6 Å². The van der Waals surface area contributed by atoms with Gasteiger partial charge in [-0.15, -0.1) is 0 Å². The van der Waals surface area contributed by atoms with Gasteiger partial charge in [-0.05, 0) is 49.2 Å². The number of nitrogens with zero attached hydrogens (tertiary/aromatic N) is 1. The first-order valence-corrected chi connectivity index (χ1v) is 11.8. The average Bonchev–Trinajstić information content (AvgIpc) is 3.42. The summed E-state index contributed by atoms with van der Waals surface area (Å²) in [4.78, 5) is 38.8. The number of alkyl carbamates (subject to hydrolysis) is 1. The van der Waals surface area contributed by atoms with Gasteiger partial charge in [-0.25, -0.2) is 9.59 Å². The van der Waals surface area contributed by atoms with Crippen molar-refractivity contribution in [2.24, 2.45) is 0 Å². The number of ether oxygens (including phenoxy) is 2. The number of benzene rings is 2. The topological polar surface area (TPSA) is 117 Å². The van der Waals surface area contributed by atoms with Crippen molar-refractivity contribution in [1.82, 2.24) is 15.5 Å². The Morgan fingerprint density at radius 2 is 1.71 bits per heavy atom. The van der Waals surface area contributed by atoms with Gasteiger partial charge in [0.05, 0.1) is 6.04 Å². The molecule has 3 N–H and O–H groups in total. The van der Waals surface area contributed by atoms with Crippen LogP contribution in [0.1, 0.15) is 29.9 Å². The Hall–Kier alpha value is -3.43. The Kier molecular flexibility index (Phi) is 7.67. The highest BCUT2D eigenvalue weighted by molar-refractivity contribution is 5.87. The van der Waals surface area contributed by atoms with Crippen molar-refractivity contribution in [3.05, 3.63) is 59.7 Å². The monoisotopic (exact) mass is 481 g/mol. The van der Waals surface area contributed by atoms with E-state index in [0.29, 0.717) is 13.0 Å². The Morgan fingerprint density at radius 1 is 1.09 bits per heavy atom. The van der Waals surface area contributed by atoms with Crippen molar-refractivity contribution in [3.63, 3.8) is 0 Å². The highest BCUT2D eigenvalue weighted by Gasteiger charge is 2.37. The van der Waals surface area contributed by atoms with Gasteiger partial charge in [-0.2, -0.15) is 0 Å². The Balaban J connectivity index is 1.34. The minimum absolute atomic E-state index is 0.0694. The number of carbonyl (C=O) groups excluding carboxylic acids is 2. The smallest absolute Gasteiger partial charge is 0.407 e. The fourth-order valence-electron chi connectivity index (χ4n) is 4.69. The molecule has 35 heavy (non-hydrogen) atoms. The summed E-state index contributed by atoms with van der Waals surface area (Å²) in [5, 5.41) is 14.7. The number of carboxylic acid groups (broad SMARTS) is 1. The normalized spacial score (nSPS) is 19.6. The van der Waals surface area contributed by atoms with Crippen LogP contribution in [0.4, 0.5) is 4.79 Å². The van der Waals surface area contributed by atoms with Gasteiger partial charge in [-0.3, -0.25) is 4.79 Å². The summed E-state index contributed by atoms with van der Waals surface area (Å²) < 4.78 is 11.1. The molecule has 0 saturated carbocycles. The standard InChI is InChI=1S/C26H31N3O6/c1-29(2)13-11-22(25(31)32)27-24(30)23-21(12-14-34-23)28-26(33)35-15-20-18-9-5-3-7-16(18)17-8-4-6-10-19(17)20/h3-10,20-23H,11-15H2,1-2H3,(H,27,30)(H,28,33)(H,31,32)/t21-,22?,23+/m1/s1. The first kappa shape index (κ1) is 24.7. The maximum Gasteiger partial charge on any atom is 0.407 e. The molecule has 2 aromatic carbocycles. The van der Waals surface area contributed by atoms with Crippen LogP contribution in [-0.2, 0) is 19.1 Å². The van der Waals surface area contributed by atoms with Crippen molar-refractivity contribution in [1.29, 1.82) is 0 Å². The number of aliphatic carboxylic acids is 1. The fourth-order valence-corrected chi connectivity index (χ4v) is 4.69. The van der Waals surface area contributed by atoms with Crippen LogP contribution in [0.3, 0.4) is 0 Å². The van der Waals surface area contributed by atoms with Crippen LogP contribution in [-0.4, -0.2) is 80.0 Å². The maximum absolute atomic E-state index is 12.7. The molecule has 2 aromatic rings. The third-order valence-electron chi connectivity index (χ3n) is 6.48. The molecule has 4 rings (SSSR count). The van der Waals surface area contributed by atoms with Crippen LogP contribution in [0, 0.1) is 0 Å². The predicted octanol–water partition coefficient (Wildman–Crippen LogP) is 2.20. The van der Waals surface area contributed by atoms with E-state index in [1.54, 1.807) is 0 Å². The van der Waals surface area contributed by atoms with E-state index in [0.717, 1.165) is 22.3 Å². The second-order valence-electron chi connectivity index (χ2n) is 9.15. The van der Waals surface area contributed by atoms with Crippen molar-refractivity contribution in [2.45, 2.75) is 36.9 Å². The lowest BCUT2D eigenvalue weighted by Crippen LogP contribution is -2.52. The van der Waals surface area contributed by atoms with Gasteiger partial charge in [0, 0.05) is 19.1 Å². The molecule has 0 bridgehead atoms. The minimum Gasteiger partial charge on any atom is -0.480 e. The fraction of sp³-hybridized carbons (Fsp3) is 0.423. The van der Waals surface area contributed by atoms with Gasteiger partial charge in [0.15, 0.2) is 6.10 Å². The zero-order valence-corrected chi connectivity index (χ0v) is 19.9. The molecule has 0 radical (unpaired) electrons. The average molecular weight is 482 g/mol. The predicted molar refractivity (Wildman–Crippen MR) is 129 cm³/mol. The summed E-state index contributed by atoms with van der Waals surface area (Å²) in [5.41, 5.74) is 4.50. The number of carboxylic acids is 1. The summed E-state index contributed by atoms with van der Waals surface area (Å²) in [6, 6.07) is 14.5. The van der Waals surface area contributed by atoms with E-state index in [1.807, 2.05) is 55.4 Å². The zero-order valence-electron chi connectivity index (χ0n) is 19.9. The van der Waals surface area contributed by atoms with E-state index >= 15 is 0 Å². The number of nitrogens with one attached hydrogen (secondary N) is 2. The molecule has 1 heterocycles. The Bertz CT molecular complexity index is 1040. The first-order chi connectivity index (χ1) is 16.8. The molecule has 2 aliphatic rings. The van der Waals surface area contributed by atoms with E-state index in [4.69, 9.17) is 9.47 Å². The lowest BCUT2D eigenvalue weighted by Gasteiger charge is -2.23. The number of hydrogen-bond donors (Lipinski definition) is 3. The van der Waals surface area contributed by atoms with E-state index < -0.39 is 36.2 Å². The highest BCUT2D eigenvalue weighted by Crippen LogP contribution is 2.44. The SMILES string of the molecule is CN(C)CCC(NC(=O)[C@H]1OCC[C@H]1NC(=O)OCC1c2ccccc2-c2ccccc21)C(=O)O. The molecular weight excluding hydrogens is 450 g/mol. The lowest BCUT2D eigenvalue weighted by molar-refractivity contribution is -0.144. The number of fused-ring (bicyclic) bond motifs is 3. The van der Waals surface area contributed by atoms with Gasteiger partial charge >= 0.3 is 12.1 Å². The summed E-state index contributed by atoms with van der Waals surface area (Å²) in [6.45, 7) is 0.946. The molecule has 1 fully saturated rings. The Labute approximate surface area is 204 Å². The molecule has 1 aliphatic heterocycles. The van der Waals surface area contributed by atoms with Crippen LogP contribution in [0.2, 0.25) is 0 Å². The molecule has 9 heteroatoms. The third-order valence-corrected chi connectivity index (χ3v) is 6.48. The molecule has 3 atom stereocenters. The molecular formula is C26H31N3O6. The highest BCUT2D eigenvalue weighted by atomic mass is 16.6. The van der Waals surface area contributed by atoms with Crippen LogP contribution < -0.4 is 10.6 Å². The maximum atomic E-state index is 12.7. The summed E-state index contributed by atoms with van der Waals surface area (Å²) in [6.07, 6.45) is -0.928. The van der Waals surface area contributed by atoms with Crippen molar-refractivity contribution in [3.8, 4) is 11.1 Å². The third kappa shape index (κ3) is 5.63. The number of amides is 2. The second kappa shape index (κ2) is 10.9. The number of carbonyl (C=O) groups is 3. The summed E-state index contributed by atoms with van der Waals surface area (Å²) >= 11 is 0. The van der Waals surface area contributed by atoms with Crippen molar-refractivity contribution in [2.75, 3.05) is 33.9 Å². The molecule has 0 aromatic heterocycles. The van der Waals surface area contributed by atoms with Gasteiger partial charge in [0.2, 0.25) is 0 Å². The molecule has 0 spiro atoms. The molecule has 2 amide bonds.